The van der Waals surface area contributed by atoms with Gasteiger partial charge in [-0.15, -0.1) is 0 Å². The van der Waals surface area contributed by atoms with Gasteiger partial charge in [0.15, 0.2) is 0 Å². The lowest BCUT2D eigenvalue weighted by molar-refractivity contribution is -0.115. The average molecular weight is 431 g/mol. The Morgan fingerprint density at radius 2 is 2.04 bits per heavy atom. The first-order valence-corrected chi connectivity index (χ1v) is 9.58. The van der Waals surface area contributed by atoms with Crippen molar-refractivity contribution in [3.8, 4) is 5.75 Å². The zero-order valence-electron chi connectivity index (χ0n) is 13.9. The predicted molar refractivity (Wildman–Crippen MR) is 97.8 cm³/mol. The predicted octanol–water partition coefficient (Wildman–Crippen LogP) is 2.62. The molecule has 8 nitrogen and oxygen atoms in total. The second-order valence-electron chi connectivity index (χ2n) is 5.84. The minimum absolute atomic E-state index is 0.0101. The van der Waals surface area contributed by atoms with E-state index < -0.39 is 27.4 Å². The smallest absolute Gasteiger partial charge is 0.333 e. The monoisotopic (exact) mass is 430 g/mol. The number of hydrogen-bond acceptors (Lipinski definition) is 5. The van der Waals surface area contributed by atoms with Crippen molar-refractivity contribution in [1.29, 1.82) is 0 Å². The average Bonchev–Trinajstić information content (AvgIpc) is 3.00. The van der Waals surface area contributed by atoms with Crippen molar-refractivity contribution in [2.75, 3.05) is 5.32 Å². The molecule has 0 bridgehead atoms. The van der Waals surface area contributed by atoms with Gasteiger partial charge in [-0.3, -0.25) is 4.79 Å². The van der Waals surface area contributed by atoms with E-state index in [0.717, 1.165) is 12.3 Å². The van der Waals surface area contributed by atoms with Crippen molar-refractivity contribution in [2.45, 2.75) is 17.9 Å². The number of anilines is 1. The van der Waals surface area contributed by atoms with Gasteiger partial charge in [0.1, 0.15) is 5.75 Å². The van der Waals surface area contributed by atoms with Gasteiger partial charge in [-0.05, 0) is 29.8 Å². The second-order valence-corrected chi connectivity index (χ2v) is 7.78. The number of aromatic hydroxyl groups is 1. The van der Waals surface area contributed by atoms with Crippen LogP contribution in [0.4, 0.5) is 14.5 Å². The van der Waals surface area contributed by atoms with E-state index in [0.29, 0.717) is 10.2 Å². The molecule has 0 atom stereocenters. The highest BCUT2D eigenvalue weighted by Gasteiger charge is 2.20. The van der Waals surface area contributed by atoms with Gasteiger partial charge in [0.2, 0.25) is 15.9 Å². The first-order chi connectivity index (χ1) is 13.0. The number of nitrogens with one attached hydrogen (secondary N) is 1. The maximum absolute atomic E-state index is 12.9. The molecule has 0 spiro atoms. The Morgan fingerprint density at radius 1 is 1.32 bits per heavy atom. The maximum Gasteiger partial charge on any atom is 0.333 e. The summed E-state index contributed by atoms with van der Waals surface area (Å²) in [6, 6.07) is 6.40. The van der Waals surface area contributed by atoms with Gasteiger partial charge >= 0.3 is 6.55 Å². The number of benzene rings is 2. The Bertz CT molecular complexity index is 1180. The number of halogens is 3. The number of rotatable bonds is 5. The Morgan fingerprint density at radius 3 is 2.64 bits per heavy atom. The molecule has 2 aromatic carbocycles. The second kappa shape index (κ2) is 7.34. The van der Waals surface area contributed by atoms with Crippen molar-refractivity contribution >= 4 is 44.1 Å². The number of primary sulfonamides is 1. The van der Waals surface area contributed by atoms with Crippen LogP contribution in [0.1, 0.15) is 12.1 Å². The lowest BCUT2D eigenvalue weighted by Gasteiger charge is -2.09. The molecule has 1 aromatic heterocycles. The van der Waals surface area contributed by atoms with Gasteiger partial charge in [0.05, 0.1) is 16.8 Å². The molecule has 1 heterocycles. The van der Waals surface area contributed by atoms with E-state index in [1.807, 2.05) is 0 Å². The van der Waals surface area contributed by atoms with E-state index in [9.17, 15) is 27.1 Å². The third-order valence-electron chi connectivity index (χ3n) is 3.78. The summed E-state index contributed by atoms with van der Waals surface area (Å²) in [5.74, 6) is -0.618. The normalized spacial score (nSPS) is 11.9. The fraction of sp³-hybridized carbons (Fsp3) is 0.125. The van der Waals surface area contributed by atoms with Gasteiger partial charge in [-0.25, -0.2) is 18.2 Å². The van der Waals surface area contributed by atoms with E-state index in [2.05, 4.69) is 10.4 Å². The molecule has 3 rings (SSSR count). The van der Waals surface area contributed by atoms with E-state index in [1.165, 1.54) is 24.3 Å². The summed E-state index contributed by atoms with van der Waals surface area (Å²) in [5.41, 5.74) is 0.354. The topological polar surface area (TPSA) is 127 Å². The molecule has 148 valence electrons. The number of phenolic OH excluding ortho intramolecular Hbond substituents is 1. The van der Waals surface area contributed by atoms with Crippen molar-refractivity contribution in [2.24, 2.45) is 5.14 Å². The Balaban J connectivity index is 1.95. The summed E-state index contributed by atoms with van der Waals surface area (Å²) in [6.07, 6.45) is 0.689. The standard InChI is InChI=1S/C16H13ClF2N4O4S/c17-12-6-10(24)2-1-8(12)3-15(25)21-9-4-13-11(7-23(22-13)16(18)19)14(5-9)28(20,26)27/h1-2,4-7,16,24H,3H2,(H,21,25)(H2,20,26,27). The van der Waals surface area contributed by atoms with Crippen LogP contribution in [0.5, 0.6) is 5.75 Å². The molecule has 0 aliphatic heterocycles. The summed E-state index contributed by atoms with van der Waals surface area (Å²) < 4.78 is 49.7. The molecule has 0 saturated carbocycles. The molecular weight excluding hydrogens is 418 g/mol. The molecule has 28 heavy (non-hydrogen) atoms. The summed E-state index contributed by atoms with van der Waals surface area (Å²) in [5, 5.41) is 20.6. The quantitative estimate of drug-likeness (QED) is 0.573. The SMILES string of the molecule is NS(=O)(=O)c1cc(NC(=O)Cc2ccc(O)cc2Cl)cc2nn(C(F)F)cc12. The number of alkyl halides is 2. The third-order valence-corrected chi connectivity index (χ3v) is 5.09. The molecule has 0 radical (unpaired) electrons. The molecule has 0 unspecified atom stereocenters. The highest BCUT2D eigenvalue weighted by molar-refractivity contribution is 7.89. The van der Waals surface area contributed by atoms with E-state index in [4.69, 9.17) is 16.7 Å². The number of nitrogens with two attached hydrogens (primary N) is 1. The van der Waals surface area contributed by atoms with Crippen molar-refractivity contribution in [3.63, 3.8) is 0 Å². The Labute approximate surface area is 162 Å². The van der Waals surface area contributed by atoms with Crippen LogP contribution in [-0.4, -0.2) is 29.2 Å². The van der Waals surface area contributed by atoms with Gasteiger partial charge < -0.3 is 10.4 Å². The molecule has 3 aromatic rings. The fourth-order valence-electron chi connectivity index (χ4n) is 2.58. The summed E-state index contributed by atoms with van der Waals surface area (Å²) in [7, 11) is -4.27. The van der Waals surface area contributed by atoms with Crippen LogP contribution in [0.25, 0.3) is 10.9 Å². The highest BCUT2D eigenvalue weighted by atomic mass is 35.5. The first kappa shape index (κ1) is 20.0. The van der Waals surface area contributed by atoms with Crippen LogP contribution in [-0.2, 0) is 21.2 Å². The summed E-state index contributed by atoms with van der Waals surface area (Å²) in [6.45, 7) is -2.98. The molecule has 1 amide bonds. The molecule has 0 fully saturated rings. The lowest BCUT2D eigenvalue weighted by atomic mass is 10.1. The number of sulfonamides is 1. The minimum Gasteiger partial charge on any atom is -0.508 e. The Kier molecular flexibility index (Phi) is 5.24. The number of amides is 1. The summed E-state index contributed by atoms with van der Waals surface area (Å²) >= 11 is 5.95. The number of carbonyl (C=O) groups excluding carboxylic acids is 1. The van der Waals surface area contributed by atoms with Gasteiger partial charge in [0.25, 0.3) is 0 Å². The van der Waals surface area contributed by atoms with Crippen LogP contribution in [0.3, 0.4) is 0 Å². The van der Waals surface area contributed by atoms with Gasteiger partial charge in [-0.1, -0.05) is 17.7 Å². The number of aromatic nitrogens is 2. The zero-order chi connectivity index (χ0) is 20.6. The van der Waals surface area contributed by atoms with Crippen LogP contribution in [0, 0.1) is 0 Å². The molecule has 0 aliphatic carbocycles. The lowest BCUT2D eigenvalue weighted by Crippen LogP contribution is -2.16. The van der Waals surface area contributed by atoms with E-state index >= 15 is 0 Å². The van der Waals surface area contributed by atoms with E-state index in [-0.39, 0.29) is 33.8 Å². The molecule has 0 saturated heterocycles. The number of hydrogen-bond donors (Lipinski definition) is 3. The van der Waals surface area contributed by atoms with Gasteiger partial charge in [-0.2, -0.15) is 13.9 Å². The summed E-state index contributed by atoms with van der Waals surface area (Å²) in [4.78, 5) is 11.8. The fourth-order valence-corrected chi connectivity index (χ4v) is 3.57. The van der Waals surface area contributed by atoms with Gasteiger partial charge in [0, 0.05) is 22.3 Å². The van der Waals surface area contributed by atoms with Crippen molar-refractivity contribution < 1.29 is 27.1 Å². The molecule has 4 N–H and O–H groups in total. The van der Waals surface area contributed by atoms with E-state index in [1.54, 1.807) is 0 Å². The van der Waals surface area contributed by atoms with Crippen LogP contribution < -0.4 is 10.5 Å². The number of carbonyl (C=O) groups is 1. The van der Waals surface area contributed by atoms with Crippen LogP contribution >= 0.6 is 11.6 Å². The highest BCUT2D eigenvalue weighted by Crippen LogP contribution is 2.28. The minimum atomic E-state index is -4.27. The first-order valence-electron chi connectivity index (χ1n) is 7.65. The number of fused-ring (bicyclic) bond motifs is 1. The number of phenols is 1. The maximum atomic E-state index is 12.9. The molecule has 12 heteroatoms. The van der Waals surface area contributed by atoms with Crippen LogP contribution in [0.2, 0.25) is 5.02 Å². The zero-order valence-corrected chi connectivity index (χ0v) is 15.5. The molecule has 0 aliphatic rings. The van der Waals surface area contributed by atoms with Crippen molar-refractivity contribution in [3.05, 3.63) is 47.1 Å². The Hall–Kier alpha value is -2.76. The largest absolute Gasteiger partial charge is 0.508 e. The number of nitrogens with zero attached hydrogens (tertiary/aromatic N) is 2. The van der Waals surface area contributed by atoms with Crippen molar-refractivity contribution in [1.82, 2.24) is 9.78 Å². The van der Waals surface area contributed by atoms with Crippen LogP contribution in [0.15, 0.2) is 41.4 Å². The third kappa shape index (κ3) is 4.21. The molecular formula is C16H13ClF2N4O4S.